The molecule has 0 aliphatic heterocycles. The van der Waals surface area contributed by atoms with Gasteiger partial charge in [0.2, 0.25) is 5.75 Å². The minimum Gasteiger partial charge on any atom is -0.493 e. The van der Waals surface area contributed by atoms with Gasteiger partial charge in [-0.25, -0.2) is 4.79 Å². The molecule has 0 saturated carbocycles. The first-order valence-electron chi connectivity index (χ1n) is 11.5. The van der Waals surface area contributed by atoms with Crippen molar-refractivity contribution in [3.8, 4) is 11.5 Å². The molecule has 2 heterocycles. The highest BCUT2D eigenvalue weighted by atomic mass is 35.5. The van der Waals surface area contributed by atoms with Crippen molar-refractivity contribution >= 4 is 45.5 Å². The van der Waals surface area contributed by atoms with Crippen molar-refractivity contribution in [3.05, 3.63) is 51.1 Å². The molecule has 0 spiro atoms. The van der Waals surface area contributed by atoms with Gasteiger partial charge < -0.3 is 29.0 Å². The number of pyridine rings is 1. The number of anilines is 2. The van der Waals surface area contributed by atoms with E-state index in [-0.39, 0.29) is 0 Å². The molecular formula is C25H32Cl2N4O4. The van der Waals surface area contributed by atoms with E-state index in [1.165, 1.54) is 18.5 Å². The molecule has 0 radical (unpaired) electrons. The summed E-state index contributed by atoms with van der Waals surface area (Å²) in [4.78, 5) is 20.9. The maximum Gasteiger partial charge on any atom is 0.338 e. The second-order valence-corrected chi connectivity index (χ2v) is 9.39. The Morgan fingerprint density at radius 2 is 1.77 bits per heavy atom. The van der Waals surface area contributed by atoms with Crippen LogP contribution in [0.3, 0.4) is 0 Å². The summed E-state index contributed by atoms with van der Waals surface area (Å²) in [7, 11) is 7.85. The van der Waals surface area contributed by atoms with Crippen molar-refractivity contribution in [2.45, 2.75) is 19.3 Å². The molecule has 35 heavy (non-hydrogen) atoms. The Kier molecular flexibility index (Phi) is 10.0. The summed E-state index contributed by atoms with van der Waals surface area (Å²) >= 11 is 12.5. The molecule has 0 aliphatic rings. The van der Waals surface area contributed by atoms with Crippen molar-refractivity contribution in [1.29, 1.82) is 0 Å². The summed E-state index contributed by atoms with van der Waals surface area (Å²) in [6, 6.07) is 4.91. The van der Waals surface area contributed by atoms with E-state index in [0.717, 1.165) is 38.9 Å². The van der Waals surface area contributed by atoms with Crippen LogP contribution in [-0.2, 0) is 0 Å². The monoisotopic (exact) mass is 522 g/mol. The second kappa shape index (κ2) is 13.0. The van der Waals surface area contributed by atoms with Crippen molar-refractivity contribution in [2.75, 3.05) is 59.8 Å². The van der Waals surface area contributed by atoms with E-state index in [1.807, 2.05) is 0 Å². The van der Waals surface area contributed by atoms with E-state index in [2.05, 4.69) is 41.2 Å². The molecule has 3 rings (SSSR count). The predicted molar refractivity (Wildman–Crippen MR) is 142 cm³/mol. The van der Waals surface area contributed by atoms with E-state index >= 15 is 0 Å². The number of benzene rings is 1. The van der Waals surface area contributed by atoms with Crippen LogP contribution in [0.5, 0.6) is 11.5 Å². The van der Waals surface area contributed by atoms with Gasteiger partial charge in [-0.2, -0.15) is 0 Å². The third-order valence-corrected chi connectivity index (χ3v) is 6.10. The van der Waals surface area contributed by atoms with Gasteiger partial charge in [0, 0.05) is 36.9 Å². The summed E-state index contributed by atoms with van der Waals surface area (Å²) in [6.07, 6.45) is 5.92. The topological polar surface area (TPSA) is 80.1 Å². The first kappa shape index (κ1) is 27.1. The highest BCUT2D eigenvalue weighted by molar-refractivity contribution is 6.39. The number of hydrogen-bond donors (Lipinski definition) is 1. The normalized spacial score (nSPS) is 11.4. The molecule has 190 valence electrons. The van der Waals surface area contributed by atoms with Crippen LogP contribution in [-0.4, -0.2) is 69.3 Å². The minimum absolute atomic E-state index is 0.295. The predicted octanol–water partition coefficient (Wildman–Crippen LogP) is 5.29. The standard InChI is InChI=1S/C25H32Cl2N4O4/c1-30(2)11-12-31(3)10-6-5-7-13-34-25-21(33-4)9-8-17-20(14-22(32)35-24(17)25)29-23-18(26)15-28-16-19(23)27/h8-9,14-16H,5-7,10-13H2,1-4H3,(H,28,29). The number of hydrogen-bond acceptors (Lipinski definition) is 8. The van der Waals surface area contributed by atoms with Gasteiger partial charge >= 0.3 is 5.63 Å². The van der Waals surface area contributed by atoms with E-state index in [0.29, 0.717) is 50.5 Å². The van der Waals surface area contributed by atoms with Gasteiger partial charge in [-0.1, -0.05) is 23.2 Å². The summed E-state index contributed by atoms with van der Waals surface area (Å²) in [5.41, 5.74) is 0.688. The summed E-state index contributed by atoms with van der Waals surface area (Å²) in [5, 5.41) is 4.42. The Hall–Kier alpha value is -2.52. The zero-order valence-corrected chi connectivity index (χ0v) is 22.1. The Morgan fingerprint density at radius 1 is 1.03 bits per heavy atom. The van der Waals surface area contributed by atoms with E-state index in [4.69, 9.17) is 37.1 Å². The smallest absolute Gasteiger partial charge is 0.338 e. The van der Waals surface area contributed by atoms with E-state index in [1.54, 1.807) is 19.2 Å². The quantitative estimate of drug-likeness (QED) is 0.239. The van der Waals surface area contributed by atoms with Crippen LogP contribution in [0.25, 0.3) is 11.0 Å². The number of halogens is 2. The largest absolute Gasteiger partial charge is 0.493 e. The Balaban J connectivity index is 1.72. The lowest BCUT2D eigenvalue weighted by atomic mass is 10.1. The highest BCUT2D eigenvalue weighted by Crippen LogP contribution is 2.40. The van der Waals surface area contributed by atoms with Crippen LogP contribution in [0, 0.1) is 0 Å². The Bertz CT molecular complexity index is 1170. The molecule has 0 fully saturated rings. The van der Waals surface area contributed by atoms with Crippen molar-refractivity contribution in [2.24, 2.45) is 0 Å². The number of ether oxygens (including phenoxy) is 2. The first-order valence-corrected chi connectivity index (χ1v) is 12.2. The third-order valence-electron chi connectivity index (χ3n) is 5.52. The number of nitrogens with zero attached hydrogens (tertiary/aromatic N) is 3. The lowest BCUT2D eigenvalue weighted by Gasteiger charge is -2.19. The Labute approximate surface area is 215 Å². The molecule has 10 heteroatoms. The average Bonchev–Trinajstić information content (AvgIpc) is 2.82. The average molecular weight is 523 g/mol. The molecule has 8 nitrogen and oxygen atoms in total. The number of fused-ring (bicyclic) bond motifs is 1. The van der Waals surface area contributed by atoms with Crippen molar-refractivity contribution in [3.63, 3.8) is 0 Å². The van der Waals surface area contributed by atoms with Gasteiger partial charge in [0.25, 0.3) is 0 Å². The van der Waals surface area contributed by atoms with Gasteiger partial charge in [0.15, 0.2) is 11.3 Å². The molecular weight excluding hydrogens is 491 g/mol. The van der Waals surface area contributed by atoms with Crippen LogP contribution >= 0.6 is 23.2 Å². The fourth-order valence-electron chi connectivity index (χ4n) is 3.57. The molecule has 1 N–H and O–H groups in total. The lowest BCUT2D eigenvalue weighted by Crippen LogP contribution is -2.29. The number of methoxy groups -OCH3 is 1. The summed E-state index contributed by atoms with van der Waals surface area (Å²) in [5.74, 6) is 0.877. The molecule has 0 aliphatic carbocycles. The molecule has 0 amide bonds. The van der Waals surface area contributed by atoms with Crippen LogP contribution < -0.4 is 20.4 Å². The molecule has 2 aromatic heterocycles. The van der Waals surface area contributed by atoms with Crippen LogP contribution in [0.15, 0.2) is 39.8 Å². The maximum atomic E-state index is 12.4. The van der Waals surface area contributed by atoms with Crippen LogP contribution in [0.2, 0.25) is 10.0 Å². The Morgan fingerprint density at radius 3 is 2.46 bits per heavy atom. The zero-order chi connectivity index (χ0) is 25.4. The molecule has 1 aromatic carbocycles. The number of rotatable bonds is 13. The zero-order valence-electron chi connectivity index (χ0n) is 20.6. The molecule has 0 saturated heterocycles. The number of unbranched alkanes of at least 4 members (excludes halogenated alkanes) is 2. The van der Waals surface area contributed by atoms with Crippen LogP contribution in [0.1, 0.15) is 19.3 Å². The number of likely N-dealkylation sites (N-methyl/N-ethyl adjacent to an activating group) is 2. The van der Waals surface area contributed by atoms with Crippen molar-refractivity contribution in [1.82, 2.24) is 14.8 Å². The number of aromatic nitrogens is 1. The molecule has 3 aromatic rings. The maximum absolute atomic E-state index is 12.4. The lowest BCUT2D eigenvalue weighted by molar-refractivity contribution is 0.263. The highest BCUT2D eigenvalue weighted by Gasteiger charge is 2.17. The SMILES string of the molecule is COc1ccc2c(Nc3c(Cl)cncc3Cl)cc(=O)oc2c1OCCCCCN(C)CCN(C)C. The summed E-state index contributed by atoms with van der Waals surface area (Å²) < 4.78 is 17.1. The van der Waals surface area contributed by atoms with Crippen molar-refractivity contribution < 1.29 is 13.9 Å². The van der Waals surface area contributed by atoms with Gasteiger partial charge in [0.05, 0.1) is 35.1 Å². The van der Waals surface area contributed by atoms with E-state index in [9.17, 15) is 4.79 Å². The van der Waals surface area contributed by atoms with Crippen LogP contribution in [0.4, 0.5) is 11.4 Å². The molecule has 0 atom stereocenters. The third kappa shape index (κ3) is 7.48. The van der Waals surface area contributed by atoms with E-state index < -0.39 is 5.63 Å². The van der Waals surface area contributed by atoms with Gasteiger partial charge in [-0.05, 0) is 59.1 Å². The fraction of sp³-hybridized carbons (Fsp3) is 0.440. The van der Waals surface area contributed by atoms with Gasteiger partial charge in [0.1, 0.15) is 0 Å². The molecule has 0 bridgehead atoms. The number of nitrogens with one attached hydrogen (secondary N) is 1. The second-order valence-electron chi connectivity index (χ2n) is 8.57. The van der Waals surface area contributed by atoms with Gasteiger partial charge in [-0.15, -0.1) is 0 Å². The first-order chi connectivity index (χ1) is 16.8. The molecule has 0 unspecified atom stereocenters. The minimum atomic E-state index is -0.542. The fourth-order valence-corrected chi connectivity index (χ4v) is 4.03. The van der Waals surface area contributed by atoms with Gasteiger partial charge in [-0.3, -0.25) is 4.98 Å². The summed E-state index contributed by atoms with van der Waals surface area (Å²) in [6.45, 7) is 3.60.